The third kappa shape index (κ3) is 5.11. The lowest BCUT2D eigenvalue weighted by atomic mass is 10.1. The van der Waals surface area contributed by atoms with E-state index in [4.69, 9.17) is 0 Å². The van der Waals surface area contributed by atoms with Gasteiger partial charge in [-0.3, -0.25) is 4.79 Å². The van der Waals surface area contributed by atoms with Gasteiger partial charge in [-0.05, 0) is 18.8 Å². The van der Waals surface area contributed by atoms with Gasteiger partial charge >= 0.3 is 5.97 Å². The van der Waals surface area contributed by atoms with Gasteiger partial charge in [-0.25, -0.2) is 4.79 Å². The number of nitrogens with one attached hydrogen (secondary N) is 1. The van der Waals surface area contributed by atoms with Gasteiger partial charge in [0.1, 0.15) is 12.1 Å². The van der Waals surface area contributed by atoms with Crippen LogP contribution in [0.3, 0.4) is 0 Å². The number of hydrogen-bond donors (Lipinski definition) is 2. The van der Waals surface area contributed by atoms with Gasteiger partial charge in [0, 0.05) is 0 Å². The molecule has 0 heterocycles. The molecule has 0 rings (SSSR count). The van der Waals surface area contributed by atoms with Crippen molar-refractivity contribution >= 4 is 11.9 Å². The number of hydrogen-bond acceptors (Lipinski definition) is 4. The van der Waals surface area contributed by atoms with Crippen LogP contribution in [-0.2, 0) is 14.3 Å². The monoisotopic (exact) mass is 231 g/mol. The summed E-state index contributed by atoms with van der Waals surface area (Å²) < 4.78 is 4.53. The highest BCUT2D eigenvalue weighted by atomic mass is 16.5. The van der Waals surface area contributed by atoms with Crippen LogP contribution in [0.25, 0.3) is 0 Å². The zero-order chi connectivity index (χ0) is 12.7. The van der Waals surface area contributed by atoms with Crippen LogP contribution in [-0.4, -0.2) is 36.2 Å². The summed E-state index contributed by atoms with van der Waals surface area (Å²) in [6.45, 7) is 5.58. The molecule has 5 heteroatoms. The second kappa shape index (κ2) is 7.22. The summed E-state index contributed by atoms with van der Waals surface area (Å²) in [5.74, 6) is -0.794. The van der Waals surface area contributed by atoms with Crippen molar-refractivity contribution in [2.75, 3.05) is 7.11 Å². The third-order valence-electron chi connectivity index (χ3n) is 2.21. The molecular weight excluding hydrogens is 210 g/mol. The molecule has 16 heavy (non-hydrogen) atoms. The predicted octanol–water partition coefficient (Wildman–Crippen LogP) is 0.461. The van der Waals surface area contributed by atoms with Crippen LogP contribution in [0.1, 0.15) is 33.6 Å². The van der Waals surface area contributed by atoms with Gasteiger partial charge in [0.15, 0.2) is 0 Å². The Morgan fingerprint density at radius 3 is 2.31 bits per heavy atom. The first kappa shape index (κ1) is 14.9. The fourth-order valence-electron chi connectivity index (χ4n) is 1.29. The molecular formula is C11H21NO4. The standard InChI is InChI=1S/C11H21NO4/c1-5-8(11(15)16-4)12-10(14)9(13)6-7(2)3/h7-9,13H,5-6H2,1-4H3,(H,12,14)/t8-,9+/m1/s1. The highest BCUT2D eigenvalue weighted by molar-refractivity contribution is 5.86. The Hall–Kier alpha value is -1.10. The van der Waals surface area contributed by atoms with Crippen LogP contribution >= 0.6 is 0 Å². The molecule has 1 amide bonds. The summed E-state index contributed by atoms with van der Waals surface area (Å²) in [6, 6.07) is -0.681. The van der Waals surface area contributed by atoms with Crippen molar-refractivity contribution in [3.63, 3.8) is 0 Å². The van der Waals surface area contributed by atoms with E-state index in [0.29, 0.717) is 12.8 Å². The van der Waals surface area contributed by atoms with Crippen LogP contribution in [0.4, 0.5) is 0 Å². The zero-order valence-electron chi connectivity index (χ0n) is 10.3. The highest BCUT2D eigenvalue weighted by Crippen LogP contribution is 2.05. The second-order valence-corrected chi connectivity index (χ2v) is 4.14. The minimum absolute atomic E-state index is 0.221. The maximum atomic E-state index is 11.5. The molecule has 94 valence electrons. The van der Waals surface area contributed by atoms with Crippen molar-refractivity contribution in [3.05, 3.63) is 0 Å². The van der Waals surface area contributed by atoms with Gasteiger partial charge in [0.2, 0.25) is 5.91 Å². The van der Waals surface area contributed by atoms with E-state index in [9.17, 15) is 14.7 Å². The average Bonchev–Trinajstić information content (AvgIpc) is 2.23. The normalized spacial score (nSPS) is 14.4. The van der Waals surface area contributed by atoms with E-state index in [0.717, 1.165) is 0 Å². The van der Waals surface area contributed by atoms with Gasteiger partial charge in [-0.15, -0.1) is 0 Å². The first-order valence-corrected chi connectivity index (χ1v) is 5.48. The highest BCUT2D eigenvalue weighted by Gasteiger charge is 2.23. The minimum atomic E-state index is -1.07. The Balaban J connectivity index is 4.24. The Morgan fingerprint density at radius 1 is 1.38 bits per heavy atom. The quantitative estimate of drug-likeness (QED) is 0.651. The predicted molar refractivity (Wildman–Crippen MR) is 59.7 cm³/mol. The maximum absolute atomic E-state index is 11.5. The molecule has 0 aliphatic carbocycles. The summed E-state index contributed by atoms with van der Waals surface area (Å²) >= 11 is 0. The van der Waals surface area contributed by atoms with E-state index in [1.54, 1.807) is 6.92 Å². The van der Waals surface area contributed by atoms with E-state index in [1.807, 2.05) is 13.8 Å². The average molecular weight is 231 g/mol. The molecule has 2 atom stereocenters. The van der Waals surface area contributed by atoms with Crippen LogP contribution in [0.5, 0.6) is 0 Å². The van der Waals surface area contributed by atoms with Crippen LogP contribution in [0, 0.1) is 5.92 Å². The maximum Gasteiger partial charge on any atom is 0.328 e. The van der Waals surface area contributed by atoms with E-state index < -0.39 is 24.0 Å². The summed E-state index contributed by atoms with van der Waals surface area (Å²) in [5, 5.41) is 12.0. The summed E-state index contributed by atoms with van der Waals surface area (Å²) in [4.78, 5) is 22.7. The van der Waals surface area contributed by atoms with Gasteiger partial charge in [-0.2, -0.15) is 0 Å². The van der Waals surface area contributed by atoms with Crippen LogP contribution in [0.2, 0.25) is 0 Å². The molecule has 2 N–H and O–H groups in total. The summed E-state index contributed by atoms with van der Waals surface area (Å²) in [5.41, 5.74) is 0. The number of methoxy groups -OCH3 is 1. The molecule has 0 fully saturated rings. The molecule has 0 aliphatic rings. The number of carbonyl (C=O) groups excluding carboxylic acids is 2. The SMILES string of the molecule is CC[C@@H](NC(=O)[C@@H](O)CC(C)C)C(=O)OC. The van der Waals surface area contributed by atoms with Crippen LogP contribution < -0.4 is 5.32 Å². The molecule has 0 aliphatic heterocycles. The number of aliphatic hydroxyl groups excluding tert-OH is 1. The lowest BCUT2D eigenvalue weighted by Gasteiger charge is -2.18. The fourth-order valence-corrected chi connectivity index (χ4v) is 1.29. The molecule has 0 aromatic carbocycles. The zero-order valence-corrected chi connectivity index (χ0v) is 10.3. The van der Waals surface area contributed by atoms with E-state index >= 15 is 0 Å². The van der Waals surface area contributed by atoms with E-state index in [-0.39, 0.29) is 5.92 Å². The Morgan fingerprint density at radius 2 is 1.94 bits per heavy atom. The van der Waals surface area contributed by atoms with Crippen LogP contribution in [0.15, 0.2) is 0 Å². The number of esters is 1. The van der Waals surface area contributed by atoms with Crippen molar-refractivity contribution in [1.29, 1.82) is 0 Å². The first-order valence-electron chi connectivity index (χ1n) is 5.48. The largest absolute Gasteiger partial charge is 0.467 e. The molecule has 5 nitrogen and oxygen atoms in total. The van der Waals surface area contributed by atoms with Gasteiger partial charge < -0.3 is 15.2 Å². The number of aliphatic hydroxyl groups is 1. The smallest absolute Gasteiger partial charge is 0.328 e. The lowest BCUT2D eigenvalue weighted by molar-refractivity contribution is -0.146. The number of ether oxygens (including phenoxy) is 1. The van der Waals surface area contributed by atoms with E-state index in [1.165, 1.54) is 7.11 Å². The van der Waals surface area contributed by atoms with E-state index in [2.05, 4.69) is 10.1 Å². The van der Waals surface area contributed by atoms with Gasteiger partial charge in [0.25, 0.3) is 0 Å². The minimum Gasteiger partial charge on any atom is -0.467 e. The van der Waals surface area contributed by atoms with Gasteiger partial charge in [-0.1, -0.05) is 20.8 Å². The molecule has 0 saturated carbocycles. The first-order chi connectivity index (χ1) is 7.42. The molecule has 0 bridgehead atoms. The number of rotatable bonds is 6. The van der Waals surface area contributed by atoms with Crippen molar-refractivity contribution in [2.24, 2.45) is 5.92 Å². The summed E-state index contributed by atoms with van der Waals surface area (Å²) in [7, 11) is 1.27. The Bertz CT molecular complexity index is 240. The Kier molecular flexibility index (Phi) is 6.72. The van der Waals surface area contributed by atoms with Gasteiger partial charge in [0.05, 0.1) is 7.11 Å². The molecule has 0 aromatic heterocycles. The molecule has 0 spiro atoms. The van der Waals surface area contributed by atoms with Crippen molar-refractivity contribution in [2.45, 2.75) is 45.8 Å². The molecule has 0 saturated heterocycles. The lowest BCUT2D eigenvalue weighted by Crippen LogP contribution is -2.45. The number of carbonyl (C=O) groups is 2. The Labute approximate surface area is 96.2 Å². The van der Waals surface area contributed by atoms with Crippen molar-refractivity contribution in [3.8, 4) is 0 Å². The van der Waals surface area contributed by atoms with Crippen molar-refractivity contribution in [1.82, 2.24) is 5.32 Å². The molecule has 0 aromatic rings. The second-order valence-electron chi connectivity index (χ2n) is 4.14. The fraction of sp³-hybridized carbons (Fsp3) is 0.818. The molecule has 0 radical (unpaired) electrons. The summed E-state index contributed by atoms with van der Waals surface area (Å²) in [6.07, 6.45) is -0.255. The number of amides is 1. The third-order valence-corrected chi connectivity index (χ3v) is 2.21. The topological polar surface area (TPSA) is 75.6 Å². The van der Waals surface area contributed by atoms with Crippen molar-refractivity contribution < 1.29 is 19.4 Å². The molecule has 0 unspecified atom stereocenters.